The number of anilines is 1. The van der Waals surface area contributed by atoms with Crippen LogP contribution >= 0.6 is 11.6 Å². The molecule has 0 aliphatic carbocycles. The molecule has 2 aromatic rings. The van der Waals surface area contributed by atoms with E-state index in [4.69, 9.17) is 17.3 Å². The van der Waals surface area contributed by atoms with E-state index in [2.05, 4.69) is 4.98 Å². The summed E-state index contributed by atoms with van der Waals surface area (Å²) in [6, 6.07) is 9.14. The number of pyridine rings is 1. The van der Waals surface area contributed by atoms with Crippen molar-refractivity contribution in [1.29, 1.82) is 0 Å². The molecule has 1 aliphatic rings. The van der Waals surface area contributed by atoms with Crippen molar-refractivity contribution in [2.75, 3.05) is 31.1 Å². The van der Waals surface area contributed by atoms with Crippen LogP contribution in [-0.4, -0.2) is 49.8 Å². The van der Waals surface area contributed by atoms with Crippen LogP contribution in [0, 0.1) is 0 Å². The highest BCUT2D eigenvalue weighted by molar-refractivity contribution is 7.89. The molecule has 1 aromatic carbocycles. The molecule has 1 aromatic heterocycles. The second-order valence-corrected chi connectivity index (χ2v) is 7.93. The molecule has 0 radical (unpaired) electrons. The second-order valence-electron chi connectivity index (χ2n) is 5.59. The summed E-state index contributed by atoms with van der Waals surface area (Å²) in [5, 5.41) is 0.542. The molecule has 1 saturated heterocycles. The Hall–Kier alpha value is -2.16. The first kappa shape index (κ1) is 17.7. The predicted octanol–water partition coefficient (Wildman–Crippen LogP) is 1.34. The Kier molecular flexibility index (Phi) is 4.94. The molecule has 3 rings (SSSR count). The van der Waals surface area contributed by atoms with Gasteiger partial charge in [0.25, 0.3) is 0 Å². The van der Waals surface area contributed by atoms with Crippen molar-refractivity contribution in [3.8, 4) is 0 Å². The first-order valence-electron chi connectivity index (χ1n) is 7.65. The lowest BCUT2D eigenvalue weighted by molar-refractivity contribution is 0.1000. The number of nitrogens with two attached hydrogens (primary N) is 1. The summed E-state index contributed by atoms with van der Waals surface area (Å²) in [5.41, 5.74) is 5.45. The number of sulfonamides is 1. The first-order valence-corrected chi connectivity index (χ1v) is 9.47. The van der Waals surface area contributed by atoms with Crippen molar-refractivity contribution in [3.63, 3.8) is 0 Å². The molecule has 2 N–H and O–H groups in total. The summed E-state index contributed by atoms with van der Waals surface area (Å²) in [6.45, 7) is 1.64. The monoisotopic (exact) mass is 380 g/mol. The van der Waals surface area contributed by atoms with Crippen LogP contribution in [0.4, 0.5) is 5.82 Å². The van der Waals surface area contributed by atoms with Gasteiger partial charge >= 0.3 is 0 Å². The molecule has 2 heterocycles. The number of hydrogen-bond acceptors (Lipinski definition) is 5. The molecular formula is C16H17ClN4O3S. The van der Waals surface area contributed by atoms with E-state index in [9.17, 15) is 13.2 Å². The summed E-state index contributed by atoms with van der Waals surface area (Å²) in [5.74, 6) is 0.0665. The van der Waals surface area contributed by atoms with Crippen molar-refractivity contribution in [3.05, 3.63) is 53.2 Å². The Morgan fingerprint density at radius 3 is 2.28 bits per heavy atom. The first-order chi connectivity index (χ1) is 11.9. The molecule has 132 valence electrons. The summed E-state index contributed by atoms with van der Waals surface area (Å²) in [4.78, 5) is 17.5. The standard InChI is InChI=1S/C16H17ClN4O3S/c17-14-2-1-7-19-16(14)20-8-10-21(11-9-20)25(23,24)13-5-3-12(4-6-13)15(18)22/h1-7H,8-11H2,(H2,18,22). The van der Waals surface area contributed by atoms with E-state index in [0.717, 1.165) is 0 Å². The van der Waals surface area contributed by atoms with Crippen LogP contribution in [0.3, 0.4) is 0 Å². The number of carbonyl (C=O) groups is 1. The third kappa shape index (κ3) is 3.60. The quantitative estimate of drug-likeness (QED) is 0.863. The number of hydrogen-bond donors (Lipinski definition) is 1. The fourth-order valence-corrected chi connectivity index (χ4v) is 4.35. The zero-order valence-electron chi connectivity index (χ0n) is 13.3. The van der Waals surface area contributed by atoms with Crippen LogP contribution in [0.15, 0.2) is 47.5 Å². The lowest BCUT2D eigenvalue weighted by atomic mass is 10.2. The zero-order chi connectivity index (χ0) is 18.0. The van der Waals surface area contributed by atoms with Gasteiger partial charge in [0.05, 0.1) is 9.92 Å². The Morgan fingerprint density at radius 2 is 1.72 bits per heavy atom. The van der Waals surface area contributed by atoms with Gasteiger partial charge in [-0.05, 0) is 36.4 Å². The predicted molar refractivity (Wildman–Crippen MR) is 95.2 cm³/mol. The fourth-order valence-electron chi connectivity index (χ4n) is 2.69. The minimum absolute atomic E-state index is 0.141. The highest BCUT2D eigenvalue weighted by Crippen LogP contribution is 2.25. The number of primary amides is 1. The zero-order valence-corrected chi connectivity index (χ0v) is 14.9. The molecule has 25 heavy (non-hydrogen) atoms. The van der Waals surface area contributed by atoms with Crippen molar-refractivity contribution >= 4 is 33.3 Å². The number of benzene rings is 1. The molecule has 0 atom stereocenters. The number of halogens is 1. The number of nitrogens with zero attached hydrogens (tertiary/aromatic N) is 3. The molecule has 1 aliphatic heterocycles. The van der Waals surface area contributed by atoms with E-state index in [0.29, 0.717) is 37.0 Å². The van der Waals surface area contributed by atoms with Gasteiger partial charge in [-0.3, -0.25) is 4.79 Å². The molecule has 0 spiro atoms. The maximum atomic E-state index is 12.7. The van der Waals surface area contributed by atoms with Gasteiger partial charge in [-0.15, -0.1) is 0 Å². The minimum atomic E-state index is -3.62. The van der Waals surface area contributed by atoms with Gasteiger partial charge in [0.1, 0.15) is 5.82 Å². The van der Waals surface area contributed by atoms with Crippen LogP contribution < -0.4 is 10.6 Å². The fraction of sp³-hybridized carbons (Fsp3) is 0.250. The normalized spacial score (nSPS) is 16.0. The maximum Gasteiger partial charge on any atom is 0.248 e. The van der Waals surface area contributed by atoms with Gasteiger partial charge in [0.2, 0.25) is 15.9 Å². The number of amides is 1. The summed E-state index contributed by atoms with van der Waals surface area (Å²) in [7, 11) is -3.62. The van der Waals surface area contributed by atoms with Crippen molar-refractivity contribution in [1.82, 2.24) is 9.29 Å². The summed E-state index contributed by atoms with van der Waals surface area (Å²) >= 11 is 6.15. The molecule has 0 saturated carbocycles. The van der Waals surface area contributed by atoms with Crippen molar-refractivity contribution in [2.24, 2.45) is 5.73 Å². The van der Waals surface area contributed by atoms with E-state index in [1.807, 2.05) is 4.90 Å². The molecular weight excluding hydrogens is 364 g/mol. The molecule has 1 amide bonds. The van der Waals surface area contributed by atoms with Gasteiger partial charge in [0, 0.05) is 37.9 Å². The van der Waals surface area contributed by atoms with Crippen LogP contribution in [-0.2, 0) is 10.0 Å². The number of carbonyl (C=O) groups excluding carboxylic acids is 1. The third-order valence-corrected chi connectivity index (χ3v) is 6.26. The molecule has 0 bridgehead atoms. The molecule has 0 unspecified atom stereocenters. The molecule has 9 heteroatoms. The lowest BCUT2D eigenvalue weighted by Crippen LogP contribution is -2.49. The van der Waals surface area contributed by atoms with E-state index < -0.39 is 15.9 Å². The SMILES string of the molecule is NC(=O)c1ccc(S(=O)(=O)N2CCN(c3ncccc3Cl)CC2)cc1. The van der Waals surface area contributed by atoms with Crippen molar-refractivity contribution < 1.29 is 13.2 Å². The van der Waals surface area contributed by atoms with E-state index >= 15 is 0 Å². The highest BCUT2D eigenvalue weighted by atomic mass is 35.5. The van der Waals surface area contributed by atoms with E-state index in [-0.39, 0.29) is 10.5 Å². The van der Waals surface area contributed by atoms with Crippen molar-refractivity contribution in [2.45, 2.75) is 4.90 Å². The molecule has 7 nitrogen and oxygen atoms in total. The number of piperazine rings is 1. The van der Waals surface area contributed by atoms with Gasteiger partial charge in [-0.25, -0.2) is 13.4 Å². The Labute approximate surface area is 151 Å². The Balaban J connectivity index is 1.73. The van der Waals surface area contributed by atoms with Gasteiger partial charge in [0.15, 0.2) is 0 Å². The average Bonchev–Trinajstić information content (AvgIpc) is 2.62. The van der Waals surface area contributed by atoms with Crippen LogP contribution in [0.25, 0.3) is 0 Å². The van der Waals surface area contributed by atoms with Crippen LogP contribution in [0.1, 0.15) is 10.4 Å². The van der Waals surface area contributed by atoms with E-state index in [1.165, 1.54) is 28.6 Å². The Bertz CT molecular complexity index is 879. The summed E-state index contributed by atoms with van der Waals surface area (Å²) < 4.78 is 26.9. The largest absolute Gasteiger partial charge is 0.366 e. The maximum absolute atomic E-state index is 12.7. The van der Waals surface area contributed by atoms with Crippen LogP contribution in [0.2, 0.25) is 5.02 Å². The lowest BCUT2D eigenvalue weighted by Gasteiger charge is -2.35. The topological polar surface area (TPSA) is 96.6 Å². The van der Waals surface area contributed by atoms with Gasteiger partial charge in [-0.2, -0.15) is 4.31 Å². The smallest absolute Gasteiger partial charge is 0.248 e. The summed E-state index contributed by atoms with van der Waals surface area (Å²) in [6.07, 6.45) is 1.66. The number of rotatable bonds is 4. The minimum Gasteiger partial charge on any atom is -0.366 e. The average molecular weight is 381 g/mol. The van der Waals surface area contributed by atoms with Gasteiger partial charge in [-0.1, -0.05) is 11.6 Å². The highest BCUT2D eigenvalue weighted by Gasteiger charge is 2.29. The molecule has 1 fully saturated rings. The third-order valence-electron chi connectivity index (χ3n) is 4.05. The van der Waals surface area contributed by atoms with Gasteiger partial charge < -0.3 is 10.6 Å². The van der Waals surface area contributed by atoms with E-state index in [1.54, 1.807) is 18.3 Å². The van der Waals surface area contributed by atoms with Crippen LogP contribution in [0.5, 0.6) is 0 Å². The second kappa shape index (κ2) is 6.99. The number of aromatic nitrogens is 1. The Morgan fingerprint density at radius 1 is 1.08 bits per heavy atom.